The molecule has 1 aliphatic rings. The maximum absolute atomic E-state index is 12.8. The molecule has 0 atom stereocenters. The Kier molecular flexibility index (Phi) is 8.96. The van der Waals surface area contributed by atoms with Crippen LogP contribution in [-0.4, -0.2) is 44.7 Å². The maximum atomic E-state index is 12.8. The van der Waals surface area contributed by atoms with E-state index in [1.165, 1.54) is 12.1 Å². The molecule has 0 aliphatic carbocycles. The Balaban J connectivity index is 1.65. The zero-order chi connectivity index (χ0) is 24.4. The van der Waals surface area contributed by atoms with Crippen molar-refractivity contribution in [3.05, 3.63) is 72.3 Å². The van der Waals surface area contributed by atoms with Gasteiger partial charge >= 0.3 is 0 Å². The van der Waals surface area contributed by atoms with Crippen molar-refractivity contribution in [2.24, 2.45) is 4.99 Å². The second-order valence-corrected chi connectivity index (χ2v) is 9.77. The molecule has 1 amide bonds. The van der Waals surface area contributed by atoms with Gasteiger partial charge in [0.1, 0.15) is 5.84 Å². The number of nitrogens with zero attached hydrogens (tertiary/aromatic N) is 3. The minimum absolute atomic E-state index is 0.0634. The van der Waals surface area contributed by atoms with Gasteiger partial charge in [-0.25, -0.2) is 8.42 Å². The third-order valence-electron chi connectivity index (χ3n) is 5.27. The number of sulfonamides is 1. The quantitative estimate of drug-likeness (QED) is 0.535. The second-order valence-electron chi connectivity index (χ2n) is 8.09. The van der Waals surface area contributed by atoms with E-state index < -0.39 is 10.0 Å². The number of hydrogen-bond acceptors (Lipinski definition) is 6. The molecule has 2 N–H and O–H groups in total. The van der Waals surface area contributed by atoms with E-state index in [9.17, 15) is 13.2 Å². The SMILES string of the molecule is C=CCN(CC(=O)Nc1cccc(S(=O)(=O)NC2=NCCCCC2)c1)Cc1cccc(C#N)c1. The molecular formula is C25H29N5O3S. The summed E-state index contributed by atoms with van der Waals surface area (Å²) in [6.45, 7) is 5.39. The van der Waals surface area contributed by atoms with E-state index in [0.717, 1.165) is 24.8 Å². The third kappa shape index (κ3) is 7.54. The molecule has 0 saturated carbocycles. The minimum Gasteiger partial charge on any atom is -0.325 e. The summed E-state index contributed by atoms with van der Waals surface area (Å²) < 4.78 is 28.2. The number of aliphatic imine (C=N–C) groups is 1. The molecule has 178 valence electrons. The van der Waals surface area contributed by atoms with Crippen molar-refractivity contribution in [3.8, 4) is 6.07 Å². The monoisotopic (exact) mass is 479 g/mol. The number of benzene rings is 2. The fourth-order valence-corrected chi connectivity index (χ4v) is 4.82. The van der Waals surface area contributed by atoms with Gasteiger partial charge in [-0.05, 0) is 48.7 Å². The van der Waals surface area contributed by atoms with Gasteiger partial charge in [0.05, 0.1) is 23.1 Å². The summed E-state index contributed by atoms with van der Waals surface area (Å²) in [5.74, 6) is 0.196. The molecule has 3 rings (SSSR count). The maximum Gasteiger partial charge on any atom is 0.262 e. The summed E-state index contributed by atoms with van der Waals surface area (Å²) in [6, 6.07) is 15.5. The van der Waals surface area contributed by atoms with E-state index >= 15 is 0 Å². The number of rotatable bonds is 9. The zero-order valence-corrected chi connectivity index (χ0v) is 19.9. The lowest BCUT2D eigenvalue weighted by Crippen LogP contribution is -2.33. The van der Waals surface area contributed by atoms with Crippen LogP contribution in [0, 0.1) is 11.3 Å². The molecule has 0 saturated heterocycles. The van der Waals surface area contributed by atoms with Gasteiger partial charge in [-0.3, -0.25) is 19.4 Å². The van der Waals surface area contributed by atoms with E-state index in [1.807, 2.05) is 11.0 Å². The fraction of sp³-hybridized carbons (Fsp3) is 0.320. The van der Waals surface area contributed by atoms with E-state index in [2.05, 4.69) is 27.7 Å². The first-order chi connectivity index (χ1) is 16.4. The van der Waals surface area contributed by atoms with Gasteiger partial charge in [-0.1, -0.05) is 30.7 Å². The summed E-state index contributed by atoms with van der Waals surface area (Å²) in [7, 11) is -3.80. The number of anilines is 1. The van der Waals surface area contributed by atoms with Crippen LogP contribution in [0.5, 0.6) is 0 Å². The average Bonchev–Trinajstić information content (AvgIpc) is 3.07. The highest BCUT2D eigenvalue weighted by Gasteiger charge is 2.18. The highest BCUT2D eigenvalue weighted by molar-refractivity contribution is 7.90. The fourth-order valence-electron chi connectivity index (χ4n) is 3.68. The summed E-state index contributed by atoms with van der Waals surface area (Å²) >= 11 is 0. The number of nitriles is 1. The van der Waals surface area contributed by atoms with E-state index in [0.29, 0.717) is 43.1 Å². The number of carbonyl (C=O) groups is 1. The highest BCUT2D eigenvalue weighted by atomic mass is 32.2. The molecule has 0 radical (unpaired) electrons. The van der Waals surface area contributed by atoms with Crippen LogP contribution in [0.15, 0.2) is 71.1 Å². The van der Waals surface area contributed by atoms with Gasteiger partial charge in [0, 0.05) is 31.7 Å². The van der Waals surface area contributed by atoms with Gasteiger partial charge < -0.3 is 5.32 Å². The van der Waals surface area contributed by atoms with Crippen LogP contribution in [0.25, 0.3) is 0 Å². The van der Waals surface area contributed by atoms with Crippen LogP contribution in [0.2, 0.25) is 0 Å². The molecule has 1 heterocycles. The van der Waals surface area contributed by atoms with Crippen molar-refractivity contribution in [3.63, 3.8) is 0 Å². The Hall–Kier alpha value is -3.48. The minimum atomic E-state index is -3.80. The van der Waals surface area contributed by atoms with Crippen molar-refractivity contribution in [2.45, 2.75) is 37.1 Å². The lowest BCUT2D eigenvalue weighted by atomic mass is 10.1. The Morgan fingerprint density at radius 3 is 2.79 bits per heavy atom. The molecule has 1 aliphatic heterocycles. The summed E-state index contributed by atoms with van der Waals surface area (Å²) in [5.41, 5.74) is 1.86. The normalized spacial score (nSPS) is 13.9. The molecule has 0 spiro atoms. The largest absolute Gasteiger partial charge is 0.325 e. The molecule has 8 nitrogen and oxygen atoms in total. The first-order valence-electron chi connectivity index (χ1n) is 11.2. The highest BCUT2D eigenvalue weighted by Crippen LogP contribution is 2.17. The van der Waals surface area contributed by atoms with Crippen molar-refractivity contribution in [2.75, 3.05) is 25.0 Å². The molecule has 0 bridgehead atoms. The van der Waals surface area contributed by atoms with Crippen molar-refractivity contribution in [1.29, 1.82) is 5.26 Å². The Labute approximate surface area is 201 Å². The lowest BCUT2D eigenvalue weighted by molar-refractivity contribution is -0.117. The number of carbonyl (C=O) groups excluding carboxylic acids is 1. The summed E-state index contributed by atoms with van der Waals surface area (Å²) in [4.78, 5) is 19.0. The number of nitrogens with one attached hydrogen (secondary N) is 2. The summed E-state index contributed by atoms with van der Waals surface area (Å²) in [6.07, 6.45) is 5.20. The van der Waals surface area contributed by atoms with E-state index in [4.69, 9.17) is 5.26 Å². The van der Waals surface area contributed by atoms with Gasteiger partial charge in [0.2, 0.25) is 5.91 Å². The molecule has 0 fully saturated rings. The molecule has 9 heteroatoms. The molecule has 0 aromatic heterocycles. The van der Waals surface area contributed by atoms with Gasteiger partial charge in [0.25, 0.3) is 10.0 Å². The predicted octanol–water partition coefficient (Wildman–Crippen LogP) is 3.44. The van der Waals surface area contributed by atoms with E-state index in [-0.39, 0.29) is 17.3 Å². The summed E-state index contributed by atoms with van der Waals surface area (Å²) in [5, 5.41) is 11.9. The van der Waals surface area contributed by atoms with Gasteiger partial charge in [-0.2, -0.15) is 5.26 Å². The number of amidine groups is 1. The Morgan fingerprint density at radius 2 is 2.00 bits per heavy atom. The number of hydrogen-bond donors (Lipinski definition) is 2. The number of amides is 1. The second kappa shape index (κ2) is 12.1. The van der Waals surface area contributed by atoms with Crippen LogP contribution in [0.4, 0.5) is 5.69 Å². The van der Waals surface area contributed by atoms with Crippen molar-refractivity contribution in [1.82, 2.24) is 9.62 Å². The van der Waals surface area contributed by atoms with Crippen LogP contribution >= 0.6 is 0 Å². The molecule has 2 aromatic carbocycles. The Morgan fingerprint density at radius 1 is 1.18 bits per heavy atom. The van der Waals surface area contributed by atoms with Gasteiger partial charge in [-0.15, -0.1) is 6.58 Å². The molecule has 2 aromatic rings. The van der Waals surface area contributed by atoms with Crippen molar-refractivity contribution < 1.29 is 13.2 Å². The van der Waals surface area contributed by atoms with Crippen LogP contribution in [0.3, 0.4) is 0 Å². The van der Waals surface area contributed by atoms with Crippen molar-refractivity contribution >= 4 is 27.5 Å². The van der Waals surface area contributed by atoms with Crippen LogP contribution in [-0.2, 0) is 21.4 Å². The predicted molar refractivity (Wildman–Crippen MR) is 133 cm³/mol. The third-order valence-corrected chi connectivity index (χ3v) is 6.65. The average molecular weight is 480 g/mol. The molecule has 34 heavy (non-hydrogen) atoms. The molecular weight excluding hydrogens is 450 g/mol. The smallest absolute Gasteiger partial charge is 0.262 e. The van der Waals surface area contributed by atoms with Crippen LogP contribution in [0.1, 0.15) is 36.8 Å². The van der Waals surface area contributed by atoms with Crippen LogP contribution < -0.4 is 10.0 Å². The standard InChI is InChI=1S/C25H29N5O3S/c1-2-14-30(18-21-9-6-8-20(15-21)17-26)19-25(31)28-22-10-7-11-23(16-22)34(32,33)29-24-12-4-3-5-13-27-24/h2,6-11,15-16H,1,3-5,12-14,18-19H2,(H,27,29)(H,28,31). The zero-order valence-electron chi connectivity index (χ0n) is 19.0. The molecule has 0 unspecified atom stereocenters. The Bertz CT molecular complexity index is 1200. The van der Waals surface area contributed by atoms with E-state index in [1.54, 1.807) is 36.4 Å². The first kappa shape index (κ1) is 25.1. The lowest BCUT2D eigenvalue weighted by Gasteiger charge is -2.20. The van der Waals surface area contributed by atoms with Gasteiger partial charge in [0.15, 0.2) is 0 Å². The topological polar surface area (TPSA) is 115 Å². The first-order valence-corrected chi connectivity index (χ1v) is 12.7.